The zero-order valence-corrected chi connectivity index (χ0v) is 7.77. The fraction of sp³-hybridized carbons (Fsp3) is 0.778. The zero-order chi connectivity index (χ0) is 9.41. The Labute approximate surface area is 72.8 Å². The van der Waals surface area contributed by atoms with E-state index in [1.807, 2.05) is 13.8 Å². The maximum atomic E-state index is 11.1. The minimum Gasteiger partial charge on any atom is -0.337 e. The van der Waals surface area contributed by atoms with E-state index in [-0.39, 0.29) is 11.3 Å². The summed E-state index contributed by atoms with van der Waals surface area (Å²) in [5.41, 5.74) is -0.632. The van der Waals surface area contributed by atoms with Gasteiger partial charge in [-0.05, 0) is 6.42 Å². The maximum absolute atomic E-state index is 11.1. The Bertz CT molecular complexity index is 252. The molecular weight excluding hydrogens is 152 g/mol. The molecule has 1 unspecified atom stereocenters. The summed E-state index contributed by atoms with van der Waals surface area (Å²) in [6.07, 6.45) is 1.21. The minimum atomic E-state index is -0.583. The van der Waals surface area contributed by atoms with E-state index in [0.29, 0.717) is 6.42 Å². The summed E-state index contributed by atoms with van der Waals surface area (Å²) in [4.78, 5) is 11.1. The van der Waals surface area contributed by atoms with Crippen molar-refractivity contribution in [3.8, 4) is 6.07 Å². The summed E-state index contributed by atoms with van der Waals surface area (Å²) in [6, 6.07) is 2.18. The van der Waals surface area contributed by atoms with Crippen molar-refractivity contribution in [3.63, 3.8) is 0 Å². The van der Waals surface area contributed by atoms with E-state index in [2.05, 4.69) is 11.4 Å². The Kier molecular flexibility index (Phi) is 1.87. The molecule has 1 amide bonds. The molecule has 0 aromatic carbocycles. The average Bonchev–Trinajstić information content (AvgIpc) is 2.54. The van der Waals surface area contributed by atoms with Gasteiger partial charge in [0.1, 0.15) is 5.54 Å². The molecule has 0 bridgehead atoms. The lowest BCUT2D eigenvalue weighted by Crippen LogP contribution is -2.38. The third-order valence-corrected chi connectivity index (χ3v) is 2.60. The normalized spacial score (nSPS) is 30.5. The number of nitriles is 1. The van der Waals surface area contributed by atoms with Gasteiger partial charge in [-0.1, -0.05) is 20.8 Å². The van der Waals surface area contributed by atoms with Gasteiger partial charge in [0.15, 0.2) is 0 Å². The number of hydrogen-bond donors (Lipinski definition) is 1. The maximum Gasteiger partial charge on any atom is 0.220 e. The lowest BCUT2D eigenvalue weighted by atomic mass is 10.1. The first-order valence-electron chi connectivity index (χ1n) is 4.20. The molecule has 1 rings (SSSR count). The summed E-state index contributed by atoms with van der Waals surface area (Å²) < 4.78 is 0. The van der Waals surface area contributed by atoms with Crippen molar-refractivity contribution in [1.29, 1.82) is 5.26 Å². The van der Waals surface area contributed by atoms with Crippen LogP contribution >= 0.6 is 0 Å². The highest BCUT2D eigenvalue weighted by molar-refractivity contribution is 5.78. The molecule has 1 fully saturated rings. The fourth-order valence-corrected chi connectivity index (χ4v) is 1.38. The average molecular weight is 166 g/mol. The number of nitrogens with one attached hydrogen (secondary N) is 1. The van der Waals surface area contributed by atoms with Gasteiger partial charge in [-0.15, -0.1) is 0 Å². The zero-order valence-electron chi connectivity index (χ0n) is 7.77. The Hall–Kier alpha value is -1.04. The first-order chi connectivity index (χ1) is 5.47. The van der Waals surface area contributed by atoms with Gasteiger partial charge >= 0.3 is 0 Å². The first-order valence-corrected chi connectivity index (χ1v) is 4.20. The van der Waals surface area contributed by atoms with Gasteiger partial charge < -0.3 is 5.32 Å². The van der Waals surface area contributed by atoms with Gasteiger partial charge in [0.2, 0.25) is 5.91 Å². The van der Waals surface area contributed by atoms with E-state index in [1.54, 1.807) is 6.92 Å². The highest BCUT2D eigenvalue weighted by atomic mass is 16.1. The molecule has 1 aliphatic carbocycles. The first kappa shape index (κ1) is 9.05. The van der Waals surface area contributed by atoms with E-state index in [4.69, 9.17) is 5.26 Å². The highest BCUT2D eigenvalue weighted by Crippen LogP contribution is 2.55. The molecule has 0 radical (unpaired) electrons. The molecule has 0 spiro atoms. The van der Waals surface area contributed by atoms with Crippen molar-refractivity contribution in [2.45, 2.75) is 39.2 Å². The third kappa shape index (κ3) is 1.18. The Morgan fingerprint density at radius 2 is 2.17 bits per heavy atom. The van der Waals surface area contributed by atoms with Crippen LogP contribution < -0.4 is 5.32 Å². The molecule has 12 heavy (non-hydrogen) atoms. The molecule has 0 heterocycles. The summed E-state index contributed by atoms with van der Waals surface area (Å²) >= 11 is 0. The van der Waals surface area contributed by atoms with Crippen molar-refractivity contribution in [3.05, 3.63) is 0 Å². The second kappa shape index (κ2) is 2.48. The quantitative estimate of drug-likeness (QED) is 0.670. The van der Waals surface area contributed by atoms with Crippen molar-refractivity contribution in [2.75, 3.05) is 0 Å². The van der Waals surface area contributed by atoms with Crippen LogP contribution in [0.25, 0.3) is 0 Å². The topological polar surface area (TPSA) is 52.9 Å². The van der Waals surface area contributed by atoms with E-state index in [1.165, 1.54) is 0 Å². The molecule has 0 aromatic heterocycles. The van der Waals surface area contributed by atoms with Crippen LogP contribution in [0.1, 0.15) is 33.6 Å². The van der Waals surface area contributed by atoms with Crippen LogP contribution in [0.4, 0.5) is 0 Å². The van der Waals surface area contributed by atoms with E-state index < -0.39 is 5.54 Å². The summed E-state index contributed by atoms with van der Waals surface area (Å²) in [6.45, 7) is 5.77. The molecule has 1 atom stereocenters. The van der Waals surface area contributed by atoms with Crippen molar-refractivity contribution >= 4 is 5.91 Å². The van der Waals surface area contributed by atoms with E-state index in [9.17, 15) is 4.79 Å². The molecular formula is C9H14N2O. The number of nitrogens with zero attached hydrogens (tertiary/aromatic N) is 1. The fourth-order valence-electron chi connectivity index (χ4n) is 1.38. The standard InChI is InChI=1S/C9H14N2O/c1-4-7(12)11-9(6-10)5-8(9,2)3/h4-5H2,1-3H3,(H,11,12). The molecule has 3 heteroatoms. The Balaban J connectivity index is 2.64. The second-order valence-corrected chi connectivity index (χ2v) is 3.98. The second-order valence-electron chi connectivity index (χ2n) is 3.98. The molecule has 3 nitrogen and oxygen atoms in total. The van der Waals surface area contributed by atoms with Crippen LogP contribution in [-0.4, -0.2) is 11.4 Å². The lowest BCUT2D eigenvalue weighted by Gasteiger charge is -2.13. The van der Waals surface area contributed by atoms with Gasteiger partial charge in [-0.2, -0.15) is 5.26 Å². The SMILES string of the molecule is CCC(=O)NC1(C#N)CC1(C)C. The smallest absolute Gasteiger partial charge is 0.220 e. The number of carbonyl (C=O) groups is 1. The van der Waals surface area contributed by atoms with Gasteiger partial charge in [-0.3, -0.25) is 4.79 Å². The molecule has 1 saturated carbocycles. The largest absolute Gasteiger partial charge is 0.337 e. The summed E-state index contributed by atoms with van der Waals surface area (Å²) in [7, 11) is 0. The molecule has 0 aliphatic heterocycles. The predicted molar refractivity (Wildman–Crippen MR) is 45.2 cm³/mol. The Morgan fingerprint density at radius 3 is 2.42 bits per heavy atom. The monoisotopic (exact) mass is 166 g/mol. The molecule has 66 valence electrons. The van der Waals surface area contributed by atoms with Crippen molar-refractivity contribution in [2.24, 2.45) is 5.41 Å². The van der Waals surface area contributed by atoms with Crippen molar-refractivity contribution in [1.82, 2.24) is 5.32 Å². The number of rotatable bonds is 2. The van der Waals surface area contributed by atoms with Gasteiger partial charge in [-0.25, -0.2) is 0 Å². The molecule has 0 aromatic rings. The van der Waals surface area contributed by atoms with Crippen LogP contribution in [0.3, 0.4) is 0 Å². The highest BCUT2D eigenvalue weighted by Gasteiger charge is 2.63. The van der Waals surface area contributed by atoms with Crippen LogP contribution in [0.5, 0.6) is 0 Å². The third-order valence-electron chi connectivity index (χ3n) is 2.60. The van der Waals surface area contributed by atoms with Gasteiger partial charge in [0, 0.05) is 11.8 Å². The molecule has 1 aliphatic rings. The summed E-state index contributed by atoms with van der Waals surface area (Å²) in [5, 5.41) is 11.6. The van der Waals surface area contributed by atoms with E-state index in [0.717, 1.165) is 6.42 Å². The summed E-state index contributed by atoms with van der Waals surface area (Å²) in [5.74, 6) is -0.0397. The van der Waals surface area contributed by atoms with Crippen molar-refractivity contribution < 1.29 is 4.79 Å². The van der Waals surface area contributed by atoms with Gasteiger partial charge in [0.25, 0.3) is 0 Å². The van der Waals surface area contributed by atoms with Crippen LogP contribution in [0, 0.1) is 16.7 Å². The van der Waals surface area contributed by atoms with Gasteiger partial charge in [0.05, 0.1) is 6.07 Å². The van der Waals surface area contributed by atoms with Crippen LogP contribution in [0.2, 0.25) is 0 Å². The lowest BCUT2D eigenvalue weighted by molar-refractivity contribution is -0.121. The number of hydrogen-bond acceptors (Lipinski definition) is 2. The Morgan fingerprint density at radius 1 is 1.67 bits per heavy atom. The molecule has 1 N–H and O–H groups in total. The predicted octanol–water partition coefficient (Wildman–Crippen LogP) is 1.20. The minimum absolute atomic E-state index is 0.0397. The number of amides is 1. The molecule has 0 saturated heterocycles. The van der Waals surface area contributed by atoms with Crippen LogP contribution in [-0.2, 0) is 4.79 Å². The van der Waals surface area contributed by atoms with Crippen LogP contribution in [0.15, 0.2) is 0 Å². The van der Waals surface area contributed by atoms with E-state index >= 15 is 0 Å². The number of carbonyl (C=O) groups excluding carboxylic acids is 1.